The van der Waals surface area contributed by atoms with Crippen molar-refractivity contribution in [2.45, 2.75) is 13.3 Å². The van der Waals surface area contributed by atoms with Crippen molar-refractivity contribution >= 4 is 29.7 Å². The molecule has 118 valence electrons. The molecule has 8 heteroatoms. The molecule has 0 radical (unpaired) electrons. The van der Waals surface area contributed by atoms with Gasteiger partial charge in [0.05, 0.1) is 11.5 Å². The number of amides is 1. The van der Waals surface area contributed by atoms with E-state index >= 15 is 0 Å². The first kappa shape index (κ1) is 19.1. The van der Waals surface area contributed by atoms with Crippen LogP contribution in [-0.4, -0.2) is 37.5 Å². The molecule has 0 aliphatic heterocycles. The van der Waals surface area contributed by atoms with E-state index in [1.807, 2.05) is 13.0 Å². The van der Waals surface area contributed by atoms with Crippen LogP contribution >= 0.6 is 12.4 Å². The van der Waals surface area contributed by atoms with Crippen molar-refractivity contribution in [2.75, 3.05) is 32.0 Å². The van der Waals surface area contributed by atoms with Gasteiger partial charge in [-0.3, -0.25) is 14.9 Å². The van der Waals surface area contributed by atoms with Crippen molar-refractivity contribution in [3.63, 3.8) is 0 Å². The van der Waals surface area contributed by atoms with Crippen molar-refractivity contribution in [1.29, 1.82) is 0 Å². The van der Waals surface area contributed by atoms with E-state index in [1.54, 1.807) is 13.1 Å². The zero-order valence-corrected chi connectivity index (χ0v) is 13.0. The molecule has 0 spiro atoms. The molecule has 0 fully saturated rings. The molecule has 0 bridgehead atoms. The van der Waals surface area contributed by atoms with Gasteiger partial charge in [-0.2, -0.15) is 0 Å². The lowest BCUT2D eigenvalue weighted by atomic mass is 10.2. The van der Waals surface area contributed by atoms with Crippen LogP contribution in [-0.2, 0) is 4.79 Å². The van der Waals surface area contributed by atoms with Crippen molar-refractivity contribution in [3.05, 3.63) is 33.9 Å². The molecule has 7 nitrogen and oxygen atoms in total. The minimum atomic E-state index is -0.399. The first-order valence-electron chi connectivity index (χ1n) is 6.45. The molecule has 1 aromatic rings. The van der Waals surface area contributed by atoms with Gasteiger partial charge in [-0.1, -0.05) is 6.07 Å². The lowest BCUT2D eigenvalue weighted by Gasteiger charge is -2.08. The average Bonchev–Trinajstić information content (AvgIpc) is 2.40. The lowest BCUT2D eigenvalue weighted by molar-refractivity contribution is -0.384. The third-order valence-electron chi connectivity index (χ3n) is 2.68. The van der Waals surface area contributed by atoms with E-state index in [0.29, 0.717) is 25.2 Å². The van der Waals surface area contributed by atoms with E-state index in [4.69, 9.17) is 0 Å². The fourth-order valence-corrected chi connectivity index (χ4v) is 1.70. The van der Waals surface area contributed by atoms with Gasteiger partial charge in [-0.15, -0.1) is 12.4 Å². The molecule has 21 heavy (non-hydrogen) atoms. The number of hydrogen-bond acceptors (Lipinski definition) is 5. The van der Waals surface area contributed by atoms with Gasteiger partial charge in [0.1, 0.15) is 5.69 Å². The smallest absolute Gasteiger partial charge is 0.292 e. The summed E-state index contributed by atoms with van der Waals surface area (Å²) >= 11 is 0. The van der Waals surface area contributed by atoms with Gasteiger partial charge in [0.15, 0.2) is 0 Å². The summed E-state index contributed by atoms with van der Waals surface area (Å²) in [7, 11) is 1.71. The second-order valence-corrected chi connectivity index (χ2v) is 4.44. The van der Waals surface area contributed by atoms with Gasteiger partial charge < -0.3 is 16.0 Å². The highest BCUT2D eigenvalue weighted by Crippen LogP contribution is 2.24. The second-order valence-electron chi connectivity index (χ2n) is 4.44. The first-order valence-corrected chi connectivity index (χ1v) is 6.45. The third kappa shape index (κ3) is 6.92. The Hall–Kier alpha value is -1.86. The maximum Gasteiger partial charge on any atom is 0.292 e. The Morgan fingerprint density at radius 3 is 2.67 bits per heavy atom. The number of benzene rings is 1. The maximum atomic E-state index is 11.2. The maximum absolute atomic E-state index is 11.2. The fourth-order valence-electron chi connectivity index (χ4n) is 1.70. The fraction of sp³-hybridized carbons (Fsp3) is 0.462. The summed E-state index contributed by atoms with van der Waals surface area (Å²) in [5.74, 6) is -0.0613. The number of carbonyl (C=O) groups excluding carboxylic acids is 1. The zero-order chi connectivity index (χ0) is 15.0. The number of nitro groups is 1. The molecule has 0 heterocycles. The topological polar surface area (TPSA) is 96.3 Å². The van der Waals surface area contributed by atoms with Crippen molar-refractivity contribution < 1.29 is 9.72 Å². The van der Waals surface area contributed by atoms with Crippen molar-refractivity contribution in [1.82, 2.24) is 10.6 Å². The lowest BCUT2D eigenvalue weighted by Crippen LogP contribution is -2.33. The molecular formula is C13H21ClN4O3. The Morgan fingerprint density at radius 2 is 2.05 bits per heavy atom. The number of halogens is 1. The number of anilines is 1. The standard InChI is InChI=1S/C13H20N4O3.ClH/c1-10-4-5-11(12(8-10)17(19)20)15-6-3-7-16-13(18)9-14-2;/h4-5,8,14-15H,3,6-7,9H2,1-2H3,(H,16,18);1H. The zero-order valence-electron chi connectivity index (χ0n) is 12.1. The van der Waals surface area contributed by atoms with Crippen LogP contribution in [0.15, 0.2) is 18.2 Å². The summed E-state index contributed by atoms with van der Waals surface area (Å²) in [6.45, 7) is 3.20. The van der Waals surface area contributed by atoms with E-state index in [1.165, 1.54) is 6.07 Å². The monoisotopic (exact) mass is 316 g/mol. The molecule has 0 aliphatic carbocycles. The molecule has 1 amide bonds. The number of nitro benzene ring substituents is 1. The Kier molecular flexibility index (Phi) is 9.07. The molecule has 0 aliphatic rings. The van der Waals surface area contributed by atoms with Crippen LogP contribution < -0.4 is 16.0 Å². The molecule has 1 rings (SSSR count). The van der Waals surface area contributed by atoms with Gasteiger partial charge in [0.2, 0.25) is 5.91 Å². The predicted molar refractivity (Wildman–Crippen MR) is 85.1 cm³/mol. The van der Waals surface area contributed by atoms with E-state index in [2.05, 4.69) is 16.0 Å². The SMILES string of the molecule is CNCC(=O)NCCCNc1ccc(C)cc1[N+](=O)[O-].Cl. The third-order valence-corrected chi connectivity index (χ3v) is 2.68. The van der Waals surface area contributed by atoms with Crippen LogP contribution in [0.2, 0.25) is 0 Å². The summed E-state index contributed by atoms with van der Waals surface area (Å²) < 4.78 is 0. The molecule has 0 unspecified atom stereocenters. The quantitative estimate of drug-likeness (QED) is 0.383. The van der Waals surface area contributed by atoms with E-state index in [0.717, 1.165) is 5.56 Å². The number of nitrogens with zero attached hydrogens (tertiary/aromatic N) is 1. The predicted octanol–water partition coefficient (Wildman–Crippen LogP) is 1.46. The summed E-state index contributed by atoms with van der Waals surface area (Å²) in [6.07, 6.45) is 0.695. The van der Waals surface area contributed by atoms with Crippen LogP contribution in [0.1, 0.15) is 12.0 Å². The van der Waals surface area contributed by atoms with Gasteiger partial charge in [-0.25, -0.2) is 0 Å². The summed E-state index contributed by atoms with van der Waals surface area (Å²) in [5.41, 5.74) is 1.42. The Bertz CT molecular complexity index is 482. The molecule has 1 aromatic carbocycles. The van der Waals surface area contributed by atoms with Crippen LogP contribution in [0.4, 0.5) is 11.4 Å². The summed E-state index contributed by atoms with van der Waals surface area (Å²) in [5, 5.41) is 19.4. The molecule has 0 aromatic heterocycles. The van der Waals surface area contributed by atoms with Gasteiger partial charge >= 0.3 is 0 Å². The average molecular weight is 317 g/mol. The minimum absolute atomic E-state index is 0. The van der Waals surface area contributed by atoms with Crippen LogP contribution in [0.3, 0.4) is 0 Å². The van der Waals surface area contributed by atoms with Gasteiger partial charge in [-0.05, 0) is 32.0 Å². The summed E-state index contributed by atoms with van der Waals surface area (Å²) in [6, 6.07) is 5.06. The van der Waals surface area contributed by atoms with Crippen LogP contribution in [0, 0.1) is 17.0 Å². The van der Waals surface area contributed by atoms with E-state index < -0.39 is 4.92 Å². The molecule has 0 saturated carbocycles. The largest absolute Gasteiger partial charge is 0.379 e. The van der Waals surface area contributed by atoms with Crippen LogP contribution in [0.25, 0.3) is 0 Å². The molecule has 3 N–H and O–H groups in total. The van der Waals surface area contributed by atoms with Gasteiger partial charge in [0, 0.05) is 19.2 Å². The highest BCUT2D eigenvalue weighted by molar-refractivity contribution is 5.85. The normalized spacial score (nSPS) is 9.62. The number of aryl methyl sites for hydroxylation is 1. The first-order chi connectivity index (χ1) is 9.54. The Morgan fingerprint density at radius 1 is 1.33 bits per heavy atom. The Labute approximate surface area is 130 Å². The number of likely N-dealkylation sites (N-methyl/N-ethyl adjacent to an activating group) is 1. The molecular weight excluding hydrogens is 296 g/mol. The highest BCUT2D eigenvalue weighted by Gasteiger charge is 2.12. The number of carbonyl (C=O) groups is 1. The number of rotatable bonds is 8. The van der Waals surface area contributed by atoms with E-state index in [9.17, 15) is 14.9 Å². The van der Waals surface area contributed by atoms with E-state index in [-0.39, 0.29) is 30.5 Å². The molecule has 0 saturated heterocycles. The summed E-state index contributed by atoms with van der Waals surface area (Å²) in [4.78, 5) is 21.7. The Balaban J connectivity index is 0.00000400. The van der Waals surface area contributed by atoms with Crippen molar-refractivity contribution in [3.8, 4) is 0 Å². The molecule has 0 atom stereocenters. The number of nitrogens with one attached hydrogen (secondary N) is 3. The van der Waals surface area contributed by atoms with Crippen molar-refractivity contribution in [2.24, 2.45) is 0 Å². The highest BCUT2D eigenvalue weighted by atomic mass is 35.5. The van der Waals surface area contributed by atoms with Gasteiger partial charge in [0.25, 0.3) is 5.69 Å². The second kappa shape index (κ2) is 9.95. The number of hydrogen-bond donors (Lipinski definition) is 3. The van der Waals surface area contributed by atoms with Crippen LogP contribution in [0.5, 0.6) is 0 Å². The minimum Gasteiger partial charge on any atom is -0.379 e.